The Morgan fingerprint density at radius 1 is 1.13 bits per heavy atom. The second-order valence-corrected chi connectivity index (χ2v) is 8.39. The molecule has 0 bridgehead atoms. The van der Waals surface area contributed by atoms with Crippen LogP contribution in [0.2, 0.25) is 0 Å². The van der Waals surface area contributed by atoms with Gasteiger partial charge in [-0.25, -0.2) is 4.39 Å². The van der Waals surface area contributed by atoms with E-state index in [0.29, 0.717) is 25.7 Å². The molecule has 1 saturated heterocycles. The molecule has 0 aromatic heterocycles. The van der Waals surface area contributed by atoms with Crippen LogP contribution in [0.15, 0.2) is 48.5 Å². The highest BCUT2D eigenvalue weighted by Gasteiger charge is 2.35. The summed E-state index contributed by atoms with van der Waals surface area (Å²) in [5.74, 6) is 0.0845. The lowest BCUT2D eigenvalue weighted by Crippen LogP contribution is -2.48. The number of rotatable bonds is 8. The van der Waals surface area contributed by atoms with E-state index in [1.807, 2.05) is 31.2 Å². The van der Waals surface area contributed by atoms with Gasteiger partial charge < -0.3 is 15.4 Å². The quantitative estimate of drug-likeness (QED) is 0.641. The molecule has 0 aliphatic carbocycles. The van der Waals surface area contributed by atoms with Gasteiger partial charge >= 0.3 is 0 Å². The minimum absolute atomic E-state index is 0.0628. The number of hydrogen-bond donors (Lipinski definition) is 2. The van der Waals surface area contributed by atoms with Crippen LogP contribution in [0.25, 0.3) is 0 Å². The molecular weight excluding hydrogens is 379 g/mol. The van der Waals surface area contributed by atoms with E-state index >= 15 is 0 Å². The molecule has 0 spiro atoms. The molecule has 162 valence electrons. The van der Waals surface area contributed by atoms with E-state index < -0.39 is 0 Å². The van der Waals surface area contributed by atoms with Crippen molar-refractivity contribution in [2.45, 2.75) is 57.4 Å². The molecule has 2 unspecified atom stereocenters. The summed E-state index contributed by atoms with van der Waals surface area (Å²) in [6.45, 7) is 8.07. The average molecular weight is 413 g/mol. The molecule has 5 heteroatoms. The fraction of sp³-hybridized carbons (Fsp3) is 0.480. The third-order valence-electron chi connectivity index (χ3n) is 6.39. The fourth-order valence-electron chi connectivity index (χ4n) is 4.09. The zero-order valence-electron chi connectivity index (χ0n) is 18.2. The van der Waals surface area contributed by atoms with Crippen LogP contribution in [-0.4, -0.2) is 31.7 Å². The molecule has 1 fully saturated rings. The maximum absolute atomic E-state index is 13.9. The SMILES string of the molecule is CCC(C)c1ccccc1NC(=O)C(C)NCC1(c2cccc(F)c2)CCOCC1. The van der Waals surface area contributed by atoms with Crippen LogP contribution < -0.4 is 10.6 Å². The molecule has 4 nitrogen and oxygen atoms in total. The summed E-state index contributed by atoms with van der Waals surface area (Å²) in [6, 6.07) is 14.4. The Morgan fingerprint density at radius 3 is 2.57 bits per heavy atom. The first-order valence-electron chi connectivity index (χ1n) is 10.9. The standard InChI is InChI=1S/C25H33FN2O2/c1-4-18(2)22-10-5-6-11-23(22)28-24(29)19(3)27-17-25(12-14-30-15-13-25)20-8-7-9-21(26)16-20/h5-11,16,18-19,27H,4,12-15,17H2,1-3H3,(H,28,29). The Balaban J connectivity index is 1.69. The van der Waals surface area contributed by atoms with E-state index in [0.717, 1.165) is 36.1 Å². The second kappa shape index (κ2) is 10.2. The van der Waals surface area contributed by atoms with Crippen molar-refractivity contribution >= 4 is 11.6 Å². The van der Waals surface area contributed by atoms with Gasteiger partial charge in [0.15, 0.2) is 0 Å². The number of nitrogens with one attached hydrogen (secondary N) is 2. The largest absolute Gasteiger partial charge is 0.381 e. The lowest BCUT2D eigenvalue weighted by atomic mass is 9.74. The number of benzene rings is 2. The van der Waals surface area contributed by atoms with Gasteiger partial charge in [0, 0.05) is 30.9 Å². The summed E-state index contributed by atoms with van der Waals surface area (Å²) in [4.78, 5) is 12.9. The average Bonchev–Trinajstić information content (AvgIpc) is 2.78. The van der Waals surface area contributed by atoms with Crippen molar-refractivity contribution in [2.75, 3.05) is 25.1 Å². The van der Waals surface area contributed by atoms with Crippen molar-refractivity contribution in [1.29, 1.82) is 0 Å². The van der Waals surface area contributed by atoms with Gasteiger partial charge in [0.1, 0.15) is 5.82 Å². The molecule has 30 heavy (non-hydrogen) atoms. The van der Waals surface area contributed by atoms with Crippen LogP contribution in [0, 0.1) is 5.82 Å². The molecule has 2 atom stereocenters. The molecular formula is C25H33FN2O2. The summed E-state index contributed by atoms with van der Waals surface area (Å²) in [7, 11) is 0. The molecule has 0 radical (unpaired) electrons. The fourth-order valence-corrected chi connectivity index (χ4v) is 4.09. The number of amides is 1. The molecule has 1 amide bonds. The van der Waals surface area contributed by atoms with Crippen molar-refractivity contribution in [2.24, 2.45) is 0 Å². The Bertz CT molecular complexity index is 849. The summed E-state index contributed by atoms with van der Waals surface area (Å²) >= 11 is 0. The zero-order valence-corrected chi connectivity index (χ0v) is 18.2. The first-order valence-corrected chi connectivity index (χ1v) is 10.9. The number of halogens is 1. The topological polar surface area (TPSA) is 50.4 Å². The summed E-state index contributed by atoms with van der Waals surface area (Å²) in [5, 5.41) is 6.49. The third kappa shape index (κ3) is 5.27. The maximum atomic E-state index is 13.9. The third-order valence-corrected chi connectivity index (χ3v) is 6.39. The summed E-state index contributed by atoms with van der Waals surface area (Å²) in [6.07, 6.45) is 2.61. The molecule has 0 saturated carbocycles. The molecule has 2 N–H and O–H groups in total. The highest BCUT2D eigenvalue weighted by Crippen LogP contribution is 2.35. The number of anilines is 1. The lowest BCUT2D eigenvalue weighted by Gasteiger charge is -2.38. The minimum atomic E-state index is -0.372. The van der Waals surface area contributed by atoms with Gasteiger partial charge in [-0.3, -0.25) is 4.79 Å². The van der Waals surface area contributed by atoms with Gasteiger partial charge in [-0.05, 0) is 61.4 Å². The Hall–Kier alpha value is -2.24. The first kappa shape index (κ1) is 22.4. The van der Waals surface area contributed by atoms with Crippen molar-refractivity contribution in [3.8, 4) is 0 Å². The van der Waals surface area contributed by atoms with Gasteiger partial charge in [0.05, 0.1) is 6.04 Å². The number of carbonyl (C=O) groups excluding carboxylic acids is 1. The normalized spacial score (nSPS) is 17.9. The van der Waals surface area contributed by atoms with E-state index in [2.05, 4.69) is 30.5 Å². The van der Waals surface area contributed by atoms with Crippen molar-refractivity contribution in [3.05, 3.63) is 65.5 Å². The Labute approximate surface area is 179 Å². The first-order chi connectivity index (χ1) is 14.4. The predicted octanol–water partition coefficient (Wildman–Crippen LogP) is 5.00. The monoisotopic (exact) mass is 412 g/mol. The molecule has 1 aliphatic heterocycles. The second-order valence-electron chi connectivity index (χ2n) is 8.39. The van der Waals surface area contributed by atoms with Crippen LogP contribution in [0.5, 0.6) is 0 Å². The van der Waals surface area contributed by atoms with Gasteiger partial charge in [-0.1, -0.05) is 44.2 Å². The number of ether oxygens (including phenoxy) is 1. The van der Waals surface area contributed by atoms with E-state index in [1.165, 1.54) is 6.07 Å². The van der Waals surface area contributed by atoms with Crippen LogP contribution in [0.4, 0.5) is 10.1 Å². The summed E-state index contributed by atoms with van der Waals surface area (Å²) < 4.78 is 19.4. The van der Waals surface area contributed by atoms with Crippen molar-refractivity contribution in [3.63, 3.8) is 0 Å². The lowest BCUT2D eigenvalue weighted by molar-refractivity contribution is -0.117. The van der Waals surface area contributed by atoms with E-state index in [9.17, 15) is 9.18 Å². The smallest absolute Gasteiger partial charge is 0.241 e. The molecule has 2 aromatic rings. The minimum Gasteiger partial charge on any atom is -0.381 e. The van der Waals surface area contributed by atoms with Crippen LogP contribution >= 0.6 is 0 Å². The molecule has 2 aromatic carbocycles. The van der Waals surface area contributed by atoms with Crippen LogP contribution in [0.3, 0.4) is 0 Å². The van der Waals surface area contributed by atoms with Crippen molar-refractivity contribution < 1.29 is 13.9 Å². The highest BCUT2D eigenvalue weighted by atomic mass is 19.1. The van der Waals surface area contributed by atoms with Gasteiger partial charge in [0.2, 0.25) is 5.91 Å². The van der Waals surface area contributed by atoms with E-state index in [4.69, 9.17) is 4.74 Å². The molecule has 3 rings (SSSR count). The van der Waals surface area contributed by atoms with Gasteiger partial charge in [-0.15, -0.1) is 0 Å². The van der Waals surface area contributed by atoms with E-state index in [1.54, 1.807) is 12.1 Å². The van der Waals surface area contributed by atoms with Gasteiger partial charge in [-0.2, -0.15) is 0 Å². The number of hydrogen-bond acceptors (Lipinski definition) is 3. The molecule has 1 heterocycles. The maximum Gasteiger partial charge on any atom is 0.241 e. The number of para-hydroxylation sites is 1. The Kier molecular flexibility index (Phi) is 7.62. The summed E-state index contributed by atoms with van der Waals surface area (Å²) in [5.41, 5.74) is 2.76. The number of carbonyl (C=O) groups is 1. The van der Waals surface area contributed by atoms with Crippen LogP contribution in [0.1, 0.15) is 57.1 Å². The zero-order chi connectivity index (χ0) is 21.6. The van der Waals surface area contributed by atoms with Gasteiger partial charge in [0.25, 0.3) is 0 Å². The molecule has 1 aliphatic rings. The van der Waals surface area contributed by atoms with Crippen LogP contribution in [-0.2, 0) is 14.9 Å². The predicted molar refractivity (Wildman–Crippen MR) is 119 cm³/mol. The highest BCUT2D eigenvalue weighted by molar-refractivity contribution is 5.95. The van der Waals surface area contributed by atoms with E-state index in [-0.39, 0.29) is 23.2 Å². The Morgan fingerprint density at radius 2 is 1.87 bits per heavy atom. The van der Waals surface area contributed by atoms with Crippen molar-refractivity contribution in [1.82, 2.24) is 5.32 Å².